The van der Waals surface area contributed by atoms with E-state index in [9.17, 15) is 0 Å². The number of ether oxygens (including phenoxy) is 1. The lowest BCUT2D eigenvalue weighted by molar-refractivity contribution is 0.305. The van der Waals surface area contributed by atoms with Gasteiger partial charge in [0.05, 0.1) is 6.61 Å². The number of unbranched alkanes of at least 4 members (excludes halogenated alkanes) is 1. The Hall–Kier alpha value is -1.51. The summed E-state index contributed by atoms with van der Waals surface area (Å²) in [7, 11) is 0. The molecule has 0 aliphatic heterocycles. The smallest absolute Gasteiger partial charge is 0.125 e. The summed E-state index contributed by atoms with van der Waals surface area (Å²) in [6.45, 7) is 6.86. The molecule has 1 aromatic rings. The van der Waals surface area contributed by atoms with E-state index in [2.05, 4.69) is 6.92 Å². The Morgan fingerprint density at radius 1 is 1.31 bits per heavy atom. The molecule has 3 nitrogen and oxygen atoms in total. The van der Waals surface area contributed by atoms with Gasteiger partial charge in [-0.3, -0.25) is 5.41 Å². The van der Waals surface area contributed by atoms with Gasteiger partial charge in [0.25, 0.3) is 0 Å². The number of nitrogen functional groups attached to an aromatic ring is 1. The Balaban J connectivity index is 2.89. The van der Waals surface area contributed by atoms with E-state index in [-0.39, 0.29) is 5.84 Å². The first kappa shape index (κ1) is 12.6. The second-order valence-corrected chi connectivity index (χ2v) is 4.05. The molecule has 0 aromatic heterocycles. The summed E-state index contributed by atoms with van der Waals surface area (Å²) >= 11 is 0. The molecule has 1 aromatic carbocycles. The number of nitrogens with one attached hydrogen (secondary N) is 1. The Morgan fingerprint density at radius 2 is 1.88 bits per heavy atom. The van der Waals surface area contributed by atoms with Crippen molar-refractivity contribution in [1.82, 2.24) is 0 Å². The van der Waals surface area contributed by atoms with Crippen LogP contribution in [0, 0.1) is 19.3 Å². The summed E-state index contributed by atoms with van der Waals surface area (Å²) in [5, 5.41) is 7.40. The molecule has 0 fully saturated rings. The molecule has 88 valence electrons. The molecule has 0 radical (unpaired) electrons. The number of amidine groups is 1. The summed E-state index contributed by atoms with van der Waals surface area (Å²) in [5.74, 6) is 1.03. The van der Waals surface area contributed by atoms with Crippen LogP contribution in [0.2, 0.25) is 0 Å². The minimum Gasteiger partial charge on any atom is -0.493 e. The highest BCUT2D eigenvalue weighted by atomic mass is 16.5. The standard InChI is InChI=1S/C13H20N2O/c1-4-5-6-16-12-9(2)7-11(13(14)15)8-10(12)3/h7-8H,4-6H2,1-3H3,(H3,14,15). The van der Waals surface area contributed by atoms with Gasteiger partial charge >= 0.3 is 0 Å². The lowest BCUT2D eigenvalue weighted by atomic mass is 10.1. The number of benzene rings is 1. The number of nitrogens with two attached hydrogens (primary N) is 1. The van der Waals surface area contributed by atoms with Gasteiger partial charge in [0.15, 0.2) is 0 Å². The number of aryl methyl sites for hydroxylation is 2. The fourth-order valence-corrected chi connectivity index (χ4v) is 1.65. The third-order valence-electron chi connectivity index (χ3n) is 2.52. The molecular formula is C13H20N2O. The van der Waals surface area contributed by atoms with E-state index < -0.39 is 0 Å². The summed E-state index contributed by atoms with van der Waals surface area (Å²) in [6, 6.07) is 3.80. The highest BCUT2D eigenvalue weighted by Crippen LogP contribution is 2.24. The van der Waals surface area contributed by atoms with Crippen LogP contribution >= 0.6 is 0 Å². The quantitative estimate of drug-likeness (QED) is 0.455. The largest absolute Gasteiger partial charge is 0.493 e. The zero-order chi connectivity index (χ0) is 12.1. The molecule has 16 heavy (non-hydrogen) atoms. The van der Waals surface area contributed by atoms with E-state index in [0.717, 1.165) is 41.9 Å². The third kappa shape index (κ3) is 2.99. The van der Waals surface area contributed by atoms with Crippen molar-refractivity contribution in [2.45, 2.75) is 33.6 Å². The number of hydrogen-bond acceptors (Lipinski definition) is 2. The van der Waals surface area contributed by atoms with Crippen LogP contribution in [0.1, 0.15) is 36.5 Å². The van der Waals surface area contributed by atoms with Crippen LogP contribution in [0.5, 0.6) is 5.75 Å². The monoisotopic (exact) mass is 220 g/mol. The molecule has 0 amide bonds. The van der Waals surface area contributed by atoms with Crippen LogP contribution in [-0.2, 0) is 0 Å². The van der Waals surface area contributed by atoms with Crippen LogP contribution in [0.15, 0.2) is 12.1 Å². The van der Waals surface area contributed by atoms with Crippen LogP contribution in [-0.4, -0.2) is 12.4 Å². The summed E-state index contributed by atoms with van der Waals surface area (Å²) in [6.07, 6.45) is 2.19. The summed E-state index contributed by atoms with van der Waals surface area (Å²) in [4.78, 5) is 0. The minimum atomic E-state index is 0.103. The van der Waals surface area contributed by atoms with Gasteiger partial charge in [-0.1, -0.05) is 13.3 Å². The fourth-order valence-electron chi connectivity index (χ4n) is 1.65. The molecule has 0 heterocycles. The molecule has 0 bridgehead atoms. The molecule has 1 rings (SSSR count). The van der Waals surface area contributed by atoms with Crippen LogP contribution < -0.4 is 10.5 Å². The van der Waals surface area contributed by atoms with Gasteiger partial charge < -0.3 is 10.5 Å². The minimum absolute atomic E-state index is 0.103. The van der Waals surface area contributed by atoms with E-state index in [0.29, 0.717) is 0 Å². The predicted octanol–water partition coefficient (Wildman–Crippen LogP) is 2.77. The van der Waals surface area contributed by atoms with Crippen LogP contribution in [0.3, 0.4) is 0 Å². The SMILES string of the molecule is CCCCOc1c(C)cc(C(=N)N)cc1C. The Morgan fingerprint density at radius 3 is 2.31 bits per heavy atom. The maximum Gasteiger partial charge on any atom is 0.125 e. The van der Waals surface area contributed by atoms with Crippen molar-refractivity contribution in [3.05, 3.63) is 28.8 Å². The average Bonchev–Trinajstić information content (AvgIpc) is 2.21. The van der Waals surface area contributed by atoms with Crippen LogP contribution in [0.25, 0.3) is 0 Å². The molecule has 0 saturated heterocycles. The van der Waals surface area contributed by atoms with Crippen molar-refractivity contribution < 1.29 is 4.74 Å². The average molecular weight is 220 g/mol. The van der Waals surface area contributed by atoms with Crippen molar-refractivity contribution in [2.75, 3.05) is 6.61 Å². The first-order valence-electron chi connectivity index (χ1n) is 5.64. The highest BCUT2D eigenvalue weighted by Gasteiger charge is 2.07. The zero-order valence-corrected chi connectivity index (χ0v) is 10.3. The highest BCUT2D eigenvalue weighted by molar-refractivity contribution is 5.95. The third-order valence-corrected chi connectivity index (χ3v) is 2.52. The Kier molecular flexibility index (Phi) is 4.35. The topological polar surface area (TPSA) is 59.1 Å². The molecular weight excluding hydrogens is 200 g/mol. The normalized spacial score (nSPS) is 10.2. The first-order valence-corrected chi connectivity index (χ1v) is 5.64. The van der Waals surface area contributed by atoms with Gasteiger partial charge in [-0.25, -0.2) is 0 Å². The first-order chi connectivity index (χ1) is 7.56. The molecule has 0 aliphatic carbocycles. The molecule has 0 aliphatic rings. The van der Waals surface area contributed by atoms with E-state index in [1.165, 1.54) is 0 Å². The second kappa shape index (κ2) is 5.54. The molecule has 0 unspecified atom stereocenters. The maximum absolute atomic E-state index is 7.40. The van der Waals surface area contributed by atoms with E-state index in [4.69, 9.17) is 15.9 Å². The molecule has 3 N–H and O–H groups in total. The number of hydrogen-bond donors (Lipinski definition) is 2. The van der Waals surface area contributed by atoms with E-state index >= 15 is 0 Å². The van der Waals surface area contributed by atoms with Crippen molar-refractivity contribution in [2.24, 2.45) is 5.73 Å². The summed E-state index contributed by atoms with van der Waals surface area (Å²) in [5.41, 5.74) is 8.31. The maximum atomic E-state index is 7.40. The fraction of sp³-hybridized carbons (Fsp3) is 0.462. The summed E-state index contributed by atoms with van der Waals surface area (Å²) < 4.78 is 5.73. The zero-order valence-electron chi connectivity index (χ0n) is 10.3. The Labute approximate surface area is 97.1 Å². The van der Waals surface area contributed by atoms with Crippen LogP contribution in [0.4, 0.5) is 0 Å². The van der Waals surface area contributed by atoms with Crippen molar-refractivity contribution in [3.63, 3.8) is 0 Å². The Bertz CT molecular complexity index is 363. The molecule has 0 saturated carbocycles. The van der Waals surface area contributed by atoms with Gasteiger partial charge in [-0.05, 0) is 43.5 Å². The molecule has 3 heteroatoms. The lowest BCUT2D eigenvalue weighted by Crippen LogP contribution is -2.12. The number of rotatable bonds is 5. The van der Waals surface area contributed by atoms with E-state index in [1.807, 2.05) is 26.0 Å². The second-order valence-electron chi connectivity index (χ2n) is 4.05. The molecule has 0 spiro atoms. The van der Waals surface area contributed by atoms with Crippen molar-refractivity contribution in [1.29, 1.82) is 5.41 Å². The van der Waals surface area contributed by atoms with Gasteiger partial charge in [0.1, 0.15) is 11.6 Å². The van der Waals surface area contributed by atoms with Gasteiger partial charge in [0.2, 0.25) is 0 Å². The van der Waals surface area contributed by atoms with Gasteiger partial charge in [-0.15, -0.1) is 0 Å². The van der Waals surface area contributed by atoms with Crippen molar-refractivity contribution in [3.8, 4) is 5.75 Å². The van der Waals surface area contributed by atoms with Gasteiger partial charge in [0, 0.05) is 5.56 Å². The predicted molar refractivity (Wildman–Crippen MR) is 67.3 cm³/mol. The van der Waals surface area contributed by atoms with Crippen molar-refractivity contribution >= 4 is 5.84 Å². The van der Waals surface area contributed by atoms with E-state index in [1.54, 1.807) is 0 Å². The molecule has 0 atom stereocenters. The lowest BCUT2D eigenvalue weighted by Gasteiger charge is -2.13. The van der Waals surface area contributed by atoms with Gasteiger partial charge in [-0.2, -0.15) is 0 Å².